The van der Waals surface area contributed by atoms with Crippen molar-refractivity contribution in [1.29, 1.82) is 0 Å². The van der Waals surface area contributed by atoms with Crippen LogP contribution in [0.15, 0.2) is 0 Å². The van der Waals surface area contributed by atoms with Crippen molar-refractivity contribution < 1.29 is 0 Å². The molecule has 0 unspecified atom stereocenters. The van der Waals surface area contributed by atoms with Gasteiger partial charge in [0.1, 0.15) is 5.15 Å². The minimum atomic E-state index is 0.167. The summed E-state index contributed by atoms with van der Waals surface area (Å²) in [6.07, 6.45) is 0. The molecule has 0 aliphatic carbocycles. The van der Waals surface area contributed by atoms with Gasteiger partial charge in [0.15, 0.2) is 5.65 Å². The van der Waals surface area contributed by atoms with E-state index in [1.807, 2.05) is 6.92 Å². The summed E-state index contributed by atoms with van der Waals surface area (Å²) in [5.41, 5.74) is 6.92. The summed E-state index contributed by atoms with van der Waals surface area (Å²) in [7, 11) is 1.79. The number of rotatable bonds is 0. The first-order chi connectivity index (χ1) is 6.09. The summed E-state index contributed by atoms with van der Waals surface area (Å²) in [6.45, 7) is 1.85. The molecule has 0 amide bonds. The third kappa shape index (κ3) is 1.12. The molecule has 0 saturated carbocycles. The number of aryl methyl sites for hydroxylation is 2. The molecule has 6 heteroatoms. The number of hydrogen-bond donors (Lipinski definition) is 1. The average molecular weight is 198 g/mol. The maximum Gasteiger partial charge on any atom is 0.223 e. The van der Waals surface area contributed by atoms with Gasteiger partial charge >= 0.3 is 0 Å². The Labute approximate surface area is 79.5 Å². The van der Waals surface area contributed by atoms with Gasteiger partial charge < -0.3 is 5.73 Å². The SMILES string of the molecule is Cc1nn(C)c2nc(N)nc(Cl)c12. The van der Waals surface area contributed by atoms with Gasteiger partial charge in [0.05, 0.1) is 11.1 Å². The van der Waals surface area contributed by atoms with Crippen LogP contribution in [0.3, 0.4) is 0 Å². The summed E-state index contributed by atoms with van der Waals surface area (Å²) < 4.78 is 1.63. The van der Waals surface area contributed by atoms with E-state index in [4.69, 9.17) is 17.3 Å². The Morgan fingerprint density at radius 1 is 1.38 bits per heavy atom. The standard InChI is InChI=1S/C7H8ClN5/c1-3-4-5(8)10-7(9)11-6(4)13(2)12-3/h1-2H3,(H2,9,10,11). The van der Waals surface area contributed by atoms with E-state index in [-0.39, 0.29) is 5.95 Å². The van der Waals surface area contributed by atoms with Gasteiger partial charge in [-0.1, -0.05) is 11.6 Å². The summed E-state index contributed by atoms with van der Waals surface area (Å²) in [4.78, 5) is 7.89. The van der Waals surface area contributed by atoms with Gasteiger partial charge in [-0.25, -0.2) is 9.67 Å². The number of aromatic nitrogens is 4. The van der Waals surface area contributed by atoms with Crippen LogP contribution in [-0.4, -0.2) is 19.7 Å². The van der Waals surface area contributed by atoms with Crippen molar-refractivity contribution in [3.8, 4) is 0 Å². The zero-order valence-electron chi connectivity index (χ0n) is 7.24. The van der Waals surface area contributed by atoms with Gasteiger partial charge in [-0.15, -0.1) is 0 Å². The van der Waals surface area contributed by atoms with Crippen LogP contribution in [0, 0.1) is 6.92 Å². The van der Waals surface area contributed by atoms with Crippen molar-refractivity contribution in [1.82, 2.24) is 19.7 Å². The molecule has 2 rings (SSSR count). The van der Waals surface area contributed by atoms with E-state index in [1.165, 1.54) is 0 Å². The van der Waals surface area contributed by atoms with Crippen molar-refractivity contribution in [3.63, 3.8) is 0 Å². The molecular formula is C7H8ClN5. The summed E-state index contributed by atoms with van der Waals surface area (Å²) in [5, 5.41) is 5.28. The van der Waals surface area contributed by atoms with Crippen molar-refractivity contribution in [2.45, 2.75) is 6.92 Å². The highest BCUT2D eigenvalue weighted by Crippen LogP contribution is 2.23. The fourth-order valence-corrected chi connectivity index (χ4v) is 1.61. The largest absolute Gasteiger partial charge is 0.368 e. The third-order valence-electron chi connectivity index (χ3n) is 1.83. The smallest absolute Gasteiger partial charge is 0.223 e. The highest BCUT2D eigenvalue weighted by Gasteiger charge is 2.11. The topological polar surface area (TPSA) is 69.6 Å². The molecule has 2 aromatic rings. The minimum Gasteiger partial charge on any atom is -0.368 e. The molecule has 2 N–H and O–H groups in total. The van der Waals surface area contributed by atoms with E-state index in [2.05, 4.69) is 15.1 Å². The second kappa shape index (κ2) is 2.56. The van der Waals surface area contributed by atoms with E-state index in [9.17, 15) is 0 Å². The summed E-state index contributed by atoms with van der Waals surface area (Å²) >= 11 is 5.90. The lowest BCUT2D eigenvalue weighted by atomic mass is 10.3. The van der Waals surface area contributed by atoms with Crippen molar-refractivity contribution in [3.05, 3.63) is 10.8 Å². The van der Waals surface area contributed by atoms with E-state index in [0.29, 0.717) is 10.8 Å². The van der Waals surface area contributed by atoms with E-state index < -0.39 is 0 Å². The van der Waals surface area contributed by atoms with Crippen LogP contribution in [-0.2, 0) is 7.05 Å². The lowest BCUT2D eigenvalue weighted by Crippen LogP contribution is -1.98. The number of halogens is 1. The fourth-order valence-electron chi connectivity index (χ4n) is 1.31. The Morgan fingerprint density at radius 2 is 2.08 bits per heavy atom. The highest BCUT2D eigenvalue weighted by atomic mass is 35.5. The van der Waals surface area contributed by atoms with Crippen molar-refractivity contribution in [2.24, 2.45) is 7.05 Å². The third-order valence-corrected chi connectivity index (χ3v) is 2.10. The second-order valence-electron chi connectivity index (χ2n) is 2.78. The van der Waals surface area contributed by atoms with Gasteiger partial charge in [-0.3, -0.25) is 0 Å². The normalized spacial score (nSPS) is 11.0. The summed E-state index contributed by atoms with van der Waals surface area (Å²) in [5.74, 6) is 0.167. The van der Waals surface area contributed by atoms with Gasteiger partial charge in [0, 0.05) is 7.05 Å². The first kappa shape index (κ1) is 8.25. The van der Waals surface area contributed by atoms with Crippen LogP contribution in [0.1, 0.15) is 5.69 Å². The molecule has 0 aromatic carbocycles. The minimum absolute atomic E-state index is 0.167. The molecule has 0 bridgehead atoms. The fraction of sp³-hybridized carbons (Fsp3) is 0.286. The number of nitrogen functional groups attached to an aromatic ring is 1. The molecule has 0 radical (unpaired) electrons. The van der Waals surface area contributed by atoms with Crippen LogP contribution in [0.25, 0.3) is 11.0 Å². The van der Waals surface area contributed by atoms with Crippen LogP contribution in [0.4, 0.5) is 5.95 Å². The molecule has 0 spiro atoms. The van der Waals surface area contributed by atoms with Crippen molar-refractivity contribution in [2.75, 3.05) is 5.73 Å². The molecule has 0 aliphatic heterocycles. The number of nitrogens with two attached hydrogens (primary N) is 1. The average Bonchev–Trinajstić information content (AvgIpc) is 2.27. The lowest BCUT2D eigenvalue weighted by Gasteiger charge is -1.96. The summed E-state index contributed by atoms with van der Waals surface area (Å²) in [6, 6.07) is 0. The maximum atomic E-state index is 5.90. The van der Waals surface area contributed by atoms with E-state index in [0.717, 1.165) is 11.1 Å². The molecule has 13 heavy (non-hydrogen) atoms. The molecule has 0 aliphatic rings. The van der Waals surface area contributed by atoms with Crippen LogP contribution in [0.5, 0.6) is 0 Å². The van der Waals surface area contributed by atoms with E-state index in [1.54, 1.807) is 11.7 Å². The number of nitrogens with zero attached hydrogens (tertiary/aromatic N) is 4. The molecule has 5 nitrogen and oxygen atoms in total. The van der Waals surface area contributed by atoms with Crippen LogP contribution < -0.4 is 5.73 Å². The van der Waals surface area contributed by atoms with Crippen LogP contribution in [0.2, 0.25) is 5.15 Å². The predicted molar refractivity (Wildman–Crippen MR) is 50.5 cm³/mol. The quantitative estimate of drug-likeness (QED) is 0.638. The molecule has 0 atom stereocenters. The number of hydrogen-bond acceptors (Lipinski definition) is 4. The molecule has 0 fully saturated rings. The first-order valence-electron chi connectivity index (χ1n) is 3.72. The van der Waals surface area contributed by atoms with Crippen LogP contribution >= 0.6 is 11.6 Å². The van der Waals surface area contributed by atoms with E-state index >= 15 is 0 Å². The van der Waals surface area contributed by atoms with Gasteiger partial charge in [-0.2, -0.15) is 10.1 Å². The number of anilines is 1. The Morgan fingerprint density at radius 3 is 2.77 bits per heavy atom. The zero-order valence-corrected chi connectivity index (χ0v) is 8.00. The monoisotopic (exact) mass is 197 g/mol. The second-order valence-corrected chi connectivity index (χ2v) is 3.14. The molecule has 2 aromatic heterocycles. The Kier molecular flexibility index (Phi) is 1.63. The zero-order chi connectivity index (χ0) is 9.59. The molecular weight excluding hydrogens is 190 g/mol. The Hall–Kier alpha value is -1.36. The highest BCUT2D eigenvalue weighted by molar-refractivity contribution is 6.34. The van der Waals surface area contributed by atoms with Gasteiger partial charge in [-0.05, 0) is 6.92 Å². The Bertz CT molecular complexity index is 475. The molecule has 0 saturated heterocycles. The van der Waals surface area contributed by atoms with Gasteiger partial charge in [0.25, 0.3) is 0 Å². The first-order valence-corrected chi connectivity index (χ1v) is 4.09. The number of fused-ring (bicyclic) bond motifs is 1. The van der Waals surface area contributed by atoms with Crippen molar-refractivity contribution >= 4 is 28.6 Å². The maximum absolute atomic E-state index is 5.90. The predicted octanol–water partition coefficient (Wildman–Crippen LogP) is 0.907. The molecule has 68 valence electrons. The lowest BCUT2D eigenvalue weighted by molar-refractivity contribution is 0.773. The van der Waals surface area contributed by atoms with Gasteiger partial charge in [0.2, 0.25) is 5.95 Å². The molecule has 2 heterocycles. The Balaban J connectivity index is 2.97.